The standard InChI is InChI=1S/2C50H41N.C46H37NO/c1-49(2)45-13-7-5-11-41(45)43-25-23-39(29-47(43)49)51(38-21-18-34(19-22-38)36-17-16-33-9-3-4-10-35(33)28-36)40-24-26-44-42-12-6-8-14-46(42)50(48(44)30-40)31-32-15-20-37(50)27-32;1-49(2)44-18-10-8-15-39(44)41-24-22-35(29-46(41)49)51(48-27-26-37(33-12-4-3-5-13-33)38-14-6-7-17-43(38)48)36-23-25-42-40-16-9-11-19-45(40)50(47(42)30-36)31-32-20-21-34(50)28-32;1-45(2)39-12-6-3-9-33(39)35-20-17-31(25-41(35)45)47(30-19-22-44-38(24-30)37-11-5-8-14-43(37)48-44)32-18-21-36-34-10-4-7-13-40(34)46(42(36)26-32)27-28-15-16-29(46)23-28/h3-14,16-19,21-26,28-30,32,37H,15,20,27,31H2,1-2H3;3-19,22-27,29-30,32,34H,20-21,28,31H2,1-2H3;3-14,17-22,24-26,28-29H,15-16,23,27H2,1-2H3. The summed E-state index contributed by atoms with van der Waals surface area (Å²) in [6, 6.07) is 163. The summed E-state index contributed by atoms with van der Waals surface area (Å²) in [6.45, 7) is 14.3. The summed E-state index contributed by atoms with van der Waals surface area (Å²) in [6.07, 6.45) is 16.2. The Morgan fingerprint density at radius 1 is 0.193 bits per heavy atom. The second-order valence-corrected chi connectivity index (χ2v) is 47.6. The highest BCUT2D eigenvalue weighted by atomic mass is 16.3. The SMILES string of the molecule is CC1(C)c2ccccc2-c2ccc(N(c3ccc(-c4ccc5ccccc5c4)cc3)c3ccc4c(c3)C3(CC5CCC3C5)c3ccccc3-4)cc21.CC1(C)c2ccccc2-c2ccc(N(c3ccc4c(c3)C3(CC5CCC3C5)c3ccccc3-4)c3ccc(-c4ccccc4)c4ccccc34)cc21.CC1(C)c2ccccc2-c2ccc(N(c3ccc4c(c3)C3(CC5CCC3C5)c3ccccc3-4)c3ccc4oc5ccccc5c4c3)cc21. The van der Waals surface area contributed by atoms with E-state index in [1.165, 1.54) is 266 Å². The Morgan fingerprint density at radius 2 is 0.507 bits per heavy atom. The van der Waals surface area contributed by atoms with Crippen molar-refractivity contribution in [3.63, 3.8) is 0 Å². The van der Waals surface area contributed by atoms with Crippen LogP contribution in [0.25, 0.3) is 132 Å². The number of hydrogen-bond acceptors (Lipinski definition) is 4. The van der Waals surface area contributed by atoms with E-state index in [-0.39, 0.29) is 32.5 Å². The van der Waals surface area contributed by atoms with Gasteiger partial charge in [-0.05, 0) is 387 Å². The van der Waals surface area contributed by atoms with Crippen molar-refractivity contribution in [3.05, 3.63) is 497 Å². The number of rotatable bonds is 11. The van der Waals surface area contributed by atoms with E-state index in [1.54, 1.807) is 33.4 Å². The fourth-order valence-corrected chi connectivity index (χ4v) is 32.7. The first-order chi connectivity index (χ1) is 73.5. The minimum atomic E-state index is -0.0838. The van der Waals surface area contributed by atoms with Crippen LogP contribution in [0.5, 0.6) is 0 Å². The zero-order valence-corrected chi connectivity index (χ0v) is 86.2. The Kier molecular flexibility index (Phi) is 19.3. The Labute approximate surface area is 880 Å². The summed E-state index contributed by atoms with van der Waals surface area (Å²) in [4.78, 5) is 7.60. The minimum Gasteiger partial charge on any atom is -0.456 e. The third kappa shape index (κ3) is 12.7. The van der Waals surface area contributed by atoms with E-state index in [1.807, 2.05) is 0 Å². The lowest BCUT2D eigenvalue weighted by Gasteiger charge is -2.37. The lowest BCUT2D eigenvalue weighted by molar-refractivity contribution is 0.327. The summed E-state index contributed by atoms with van der Waals surface area (Å²) < 4.78 is 6.29. The van der Waals surface area contributed by atoms with Crippen molar-refractivity contribution >= 4 is 94.7 Å². The van der Waals surface area contributed by atoms with Gasteiger partial charge in [0, 0.05) is 94.1 Å². The van der Waals surface area contributed by atoms with Crippen molar-refractivity contribution in [1.29, 1.82) is 0 Å². The fourth-order valence-electron chi connectivity index (χ4n) is 32.7. The minimum absolute atomic E-state index is 0.0692. The molecule has 724 valence electrons. The molecule has 4 heteroatoms. The smallest absolute Gasteiger partial charge is 0.135 e. The van der Waals surface area contributed by atoms with Gasteiger partial charge in [-0.25, -0.2) is 0 Å². The first kappa shape index (κ1) is 88.2. The van der Waals surface area contributed by atoms with E-state index in [4.69, 9.17) is 4.42 Å². The molecule has 0 N–H and O–H groups in total. The third-order valence-corrected chi connectivity index (χ3v) is 39.4. The van der Waals surface area contributed by atoms with Crippen molar-refractivity contribution in [2.75, 3.05) is 14.7 Å². The Bertz CT molecular complexity index is 9240. The van der Waals surface area contributed by atoms with Gasteiger partial charge in [0.2, 0.25) is 0 Å². The van der Waals surface area contributed by atoms with Gasteiger partial charge in [0.05, 0.1) is 5.69 Å². The zero-order valence-electron chi connectivity index (χ0n) is 86.2. The summed E-state index contributed by atoms with van der Waals surface area (Å²) in [7, 11) is 0. The molecule has 0 aliphatic heterocycles. The number of hydrogen-bond donors (Lipinski definition) is 0. The molecule has 9 unspecified atom stereocenters. The third-order valence-electron chi connectivity index (χ3n) is 39.4. The molecule has 4 nitrogen and oxygen atoms in total. The number of furan rings is 1. The van der Waals surface area contributed by atoms with Crippen molar-refractivity contribution in [2.24, 2.45) is 35.5 Å². The molecule has 0 saturated heterocycles. The lowest BCUT2D eigenvalue weighted by atomic mass is 9.67. The number of benzene rings is 20. The van der Waals surface area contributed by atoms with Crippen molar-refractivity contribution < 1.29 is 4.42 Å². The maximum Gasteiger partial charge on any atom is 0.135 e. The van der Waals surface area contributed by atoms with Gasteiger partial charge in [-0.3, -0.25) is 0 Å². The van der Waals surface area contributed by atoms with Gasteiger partial charge in [0.15, 0.2) is 0 Å². The second kappa shape index (κ2) is 32.8. The molecule has 20 aromatic carbocycles. The predicted octanol–water partition coefficient (Wildman–Crippen LogP) is 39.2. The number of anilines is 9. The number of para-hydroxylation sites is 1. The summed E-state index contributed by atoms with van der Waals surface area (Å²) in [5.41, 5.74) is 52.5. The molecule has 12 aliphatic rings. The van der Waals surface area contributed by atoms with Gasteiger partial charge in [-0.15, -0.1) is 0 Å². The van der Waals surface area contributed by atoms with E-state index in [9.17, 15) is 0 Å². The topological polar surface area (TPSA) is 22.9 Å². The van der Waals surface area contributed by atoms with E-state index in [2.05, 4.69) is 487 Å². The largest absolute Gasteiger partial charge is 0.456 e. The predicted molar refractivity (Wildman–Crippen MR) is 624 cm³/mol. The molecule has 12 aliphatic carbocycles. The lowest BCUT2D eigenvalue weighted by Crippen LogP contribution is -2.32. The highest BCUT2D eigenvalue weighted by Gasteiger charge is 2.60. The summed E-state index contributed by atoms with van der Waals surface area (Å²) >= 11 is 0. The molecule has 9 atom stereocenters. The van der Waals surface area contributed by atoms with Gasteiger partial charge in [-0.2, -0.15) is 0 Å². The highest BCUT2D eigenvalue weighted by molar-refractivity contribution is 6.09. The molecule has 1 aromatic heterocycles. The molecule has 6 fully saturated rings. The molecule has 0 radical (unpaired) electrons. The maximum atomic E-state index is 6.29. The van der Waals surface area contributed by atoms with Crippen LogP contribution in [0.2, 0.25) is 0 Å². The van der Waals surface area contributed by atoms with Crippen molar-refractivity contribution in [2.45, 2.75) is 151 Å². The Morgan fingerprint density at radius 3 is 0.940 bits per heavy atom. The average molecular weight is 1930 g/mol. The van der Waals surface area contributed by atoms with Crippen LogP contribution in [0.15, 0.2) is 435 Å². The van der Waals surface area contributed by atoms with Crippen LogP contribution >= 0.6 is 0 Å². The van der Waals surface area contributed by atoms with Crippen LogP contribution in [0.1, 0.15) is 185 Å². The normalized spacial score (nSPS) is 21.7. The molecule has 21 aromatic rings. The van der Waals surface area contributed by atoms with Crippen LogP contribution in [-0.4, -0.2) is 0 Å². The fraction of sp³-hybridized carbons (Fsp3) is 0.205. The first-order valence-corrected chi connectivity index (χ1v) is 55.5. The molecule has 6 saturated carbocycles. The molecule has 0 amide bonds. The summed E-state index contributed by atoms with van der Waals surface area (Å²) in [5, 5.41) is 7.40. The van der Waals surface area contributed by atoms with E-state index in [0.29, 0.717) is 0 Å². The molecular formula is C146H119N3O. The van der Waals surface area contributed by atoms with Crippen LogP contribution in [0, 0.1) is 35.5 Å². The average Bonchev–Trinajstić information content (AvgIpc) is 1.53. The van der Waals surface area contributed by atoms with Gasteiger partial charge in [0.1, 0.15) is 11.2 Å². The van der Waals surface area contributed by atoms with E-state index < -0.39 is 0 Å². The zero-order chi connectivity index (χ0) is 99.6. The molecule has 150 heavy (non-hydrogen) atoms. The number of nitrogens with zero attached hydrogens (tertiary/aromatic N) is 3. The Balaban J connectivity index is 0.000000101. The summed E-state index contributed by atoms with van der Waals surface area (Å²) in [5.74, 6) is 4.70. The van der Waals surface area contributed by atoms with Crippen LogP contribution < -0.4 is 14.7 Å². The molecule has 33 rings (SSSR count). The van der Waals surface area contributed by atoms with Gasteiger partial charge < -0.3 is 19.1 Å². The molecule has 3 spiro atoms. The molecular weight excluding hydrogens is 1810 g/mol. The van der Waals surface area contributed by atoms with Crippen molar-refractivity contribution in [3.8, 4) is 89.0 Å². The number of fused-ring (bicyclic) bond motifs is 38. The van der Waals surface area contributed by atoms with Crippen molar-refractivity contribution in [1.82, 2.24) is 0 Å². The maximum absolute atomic E-state index is 6.29. The first-order valence-electron chi connectivity index (χ1n) is 55.5. The van der Waals surface area contributed by atoms with Crippen LogP contribution in [0.4, 0.5) is 51.2 Å². The van der Waals surface area contributed by atoms with Crippen LogP contribution in [0.3, 0.4) is 0 Å². The van der Waals surface area contributed by atoms with E-state index >= 15 is 0 Å². The quantitative estimate of drug-likeness (QED) is 0.129. The second-order valence-electron chi connectivity index (χ2n) is 47.6. The Hall–Kier alpha value is -15.9. The highest BCUT2D eigenvalue weighted by Crippen LogP contribution is 2.71. The monoisotopic (exact) mass is 1930 g/mol. The van der Waals surface area contributed by atoms with Gasteiger partial charge in [0.25, 0.3) is 0 Å². The van der Waals surface area contributed by atoms with Gasteiger partial charge >= 0.3 is 0 Å². The van der Waals surface area contributed by atoms with Crippen LogP contribution in [-0.2, 0) is 32.5 Å². The molecule has 1 heterocycles. The van der Waals surface area contributed by atoms with E-state index in [0.717, 1.165) is 63.1 Å². The van der Waals surface area contributed by atoms with Gasteiger partial charge in [-0.1, -0.05) is 370 Å². The molecule has 6 bridgehead atoms.